The molecule has 0 saturated carbocycles. The topological polar surface area (TPSA) is 57.0 Å². The van der Waals surface area contributed by atoms with E-state index in [9.17, 15) is 4.79 Å². The van der Waals surface area contributed by atoms with Gasteiger partial charge in [-0.15, -0.1) is 11.3 Å². The minimum Gasteiger partial charge on any atom is -0.455 e. The standard InChI is InChI=1S/C16H14ClN3O2S/c1-10-14(16(21)22-8-12-9-23-11(2)18-12)15(17)20(19-10)13-6-4-3-5-7-13/h3-7,9H,8H2,1-2H3. The molecule has 0 fully saturated rings. The molecule has 0 spiro atoms. The summed E-state index contributed by atoms with van der Waals surface area (Å²) < 4.78 is 6.83. The van der Waals surface area contributed by atoms with Crippen molar-refractivity contribution in [3.05, 3.63) is 62.8 Å². The molecule has 0 aliphatic heterocycles. The molecule has 7 heteroatoms. The van der Waals surface area contributed by atoms with E-state index in [1.165, 1.54) is 16.0 Å². The molecule has 0 N–H and O–H groups in total. The molecule has 3 aromatic rings. The molecule has 23 heavy (non-hydrogen) atoms. The third kappa shape index (κ3) is 3.28. The maximum Gasteiger partial charge on any atom is 0.343 e. The van der Waals surface area contributed by atoms with Crippen LogP contribution in [-0.2, 0) is 11.3 Å². The molecule has 2 heterocycles. The zero-order chi connectivity index (χ0) is 16.4. The molecule has 118 valence electrons. The predicted molar refractivity (Wildman–Crippen MR) is 89.3 cm³/mol. The number of thiazole rings is 1. The number of halogens is 1. The number of benzene rings is 1. The van der Waals surface area contributed by atoms with E-state index in [0.29, 0.717) is 5.69 Å². The first-order chi connectivity index (χ1) is 11.1. The van der Waals surface area contributed by atoms with Crippen LogP contribution in [0.3, 0.4) is 0 Å². The molecule has 2 aromatic heterocycles. The summed E-state index contributed by atoms with van der Waals surface area (Å²) in [5.74, 6) is -0.500. The molecule has 5 nitrogen and oxygen atoms in total. The van der Waals surface area contributed by atoms with E-state index in [-0.39, 0.29) is 17.3 Å². The largest absolute Gasteiger partial charge is 0.455 e. The van der Waals surface area contributed by atoms with Gasteiger partial charge in [0.15, 0.2) is 0 Å². The van der Waals surface area contributed by atoms with Gasteiger partial charge in [0.1, 0.15) is 17.3 Å². The van der Waals surface area contributed by atoms with E-state index in [4.69, 9.17) is 16.3 Å². The van der Waals surface area contributed by atoms with Crippen LogP contribution in [-0.4, -0.2) is 20.7 Å². The molecular formula is C16H14ClN3O2S. The Morgan fingerprint density at radius 1 is 1.30 bits per heavy atom. The fourth-order valence-corrected chi connectivity index (χ4v) is 3.10. The Kier molecular flexibility index (Phi) is 4.45. The van der Waals surface area contributed by atoms with E-state index in [1.807, 2.05) is 42.6 Å². The molecule has 0 aliphatic rings. The van der Waals surface area contributed by atoms with Crippen molar-refractivity contribution in [1.29, 1.82) is 0 Å². The number of carbonyl (C=O) groups is 1. The summed E-state index contributed by atoms with van der Waals surface area (Å²) >= 11 is 7.85. The second-order valence-electron chi connectivity index (χ2n) is 4.93. The van der Waals surface area contributed by atoms with Gasteiger partial charge < -0.3 is 4.74 Å². The lowest BCUT2D eigenvalue weighted by Crippen LogP contribution is -2.07. The van der Waals surface area contributed by atoms with Crippen LogP contribution >= 0.6 is 22.9 Å². The SMILES string of the molecule is Cc1nc(COC(=O)c2c(C)nn(-c3ccccc3)c2Cl)cs1. The van der Waals surface area contributed by atoms with Crippen molar-refractivity contribution in [2.75, 3.05) is 0 Å². The van der Waals surface area contributed by atoms with Crippen LogP contribution < -0.4 is 0 Å². The van der Waals surface area contributed by atoms with Gasteiger partial charge in [-0.2, -0.15) is 5.10 Å². The average Bonchev–Trinajstić information content (AvgIpc) is 3.09. The first-order valence-electron chi connectivity index (χ1n) is 6.95. The Morgan fingerprint density at radius 3 is 2.70 bits per heavy atom. The van der Waals surface area contributed by atoms with Gasteiger partial charge in [0.2, 0.25) is 0 Å². The van der Waals surface area contributed by atoms with Gasteiger partial charge in [-0.3, -0.25) is 0 Å². The number of rotatable bonds is 4. The Labute approximate surface area is 142 Å². The van der Waals surface area contributed by atoms with E-state index >= 15 is 0 Å². The third-order valence-corrected chi connectivity index (χ3v) is 4.40. The Morgan fingerprint density at radius 2 is 2.04 bits per heavy atom. The van der Waals surface area contributed by atoms with E-state index in [1.54, 1.807) is 6.92 Å². The first-order valence-corrected chi connectivity index (χ1v) is 8.20. The smallest absolute Gasteiger partial charge is 0.343 e. The number of ether oxygens (including phenoxy) is 1. The number of nitrogens with zero attached hydrogens (tertiary/aromatic N) is 3. The summed E-state index contributed by atoms with van der Waals surface area (Å²) in [6.45, 7) is 3.76. The highest BCUT2D eigenvalue weighted by Gasteiger charge is 2.22. The highest BCUT2D eigenvalue weighted by molar-refractivity contribution is 7.09. The highest BCUT2D eigenvalue weighted by atomic mass is 35.5. The minimum absolute atomic E-state index is 0.120. The Hall–Kier alpha value is -2.18. The maximum atomic E-state index is 12.3. The zero-order valence-corrected chi connectivity index (χ0v) is 14.2. The number of carbonyl (C=O) groups excluding carboxylic acids is 1. The lowest BCUT2D eigenvalue weighted by Gasteiger charge is -2.04. The zero-order valence-electron chi connectivity index (χ0n) is 12.6. The van der Waals surface area contributed by atoms with Crippen molar-refractivity contribution >= 4 is 28.9 Å². The van der Waals surface area contributed by atoms with Crippen molar-refractivity contribution in [3.8, 4) is 5.69 Å². The van der Waals surface area contributed by atoms with E-state index in [0.717, 1.165) is 16.4 Å². The van der Waals surface area contributed by atoms with Gasteiger partial charge >= 0.3 is 5.97 Å². The van der Waals surface area contributed by atoms with Gasteiger partial charge in [-0.05, 0) is 26.0 Å². The van der Waals surface area contributed by atoms with Crippen molar-refractivity contribution in [2.24, 2.45) is 0 Å². The molecule has 0 radical (unpaired) electrons. The first kappa shape index (κ1) is 15.7. The third-order valence-electron chi connectivity index (χ3n) is 3.23. The van der Waals surface area contributed by atoms with E-state index in [2.05, 4.69) is 10.1 Å². The maximum absolute atomic E-state index is 12.3. The monoisotopic (exact) mass is 347 g/mol. The van der Waals surface area contributed by atoms with Gasteiger partial charge in [0, 0.05) is 5.38 Å². The van der Waals surface area contributed by atoms with Gasteiger partial charge in [-0.1, -0.05) is 29.8 Å². The lowest BCUT2D eigenvalue weighted by molar-refractivity contribution is 0.0467. The molecule has 3 rings (SSSR count). The van der Waals surface area contributed by atoms with E-state index < -0.39 is 5.97 Å². The number of hydrogen-bond acceptors (Lipinski definition) is 5. The summed E-state index contributed by atoms with van der Waals surface area (Å²) in [6, 6.07) is 9.40. The van der Waals surface area contributed by atoms with Crippen LogP contribution in [0.2, 0.25) is 5.15 Å². The summed E-state index contributed by atoms with van der Waals surface area (Å²) in [7, 11) is 0. The number of hydrogen-bond donors (Lipinski definition) is 0. The number of aromatic nitrogens is 3. The van der Waals surface area contributed by atoms with Crippen LogP contribution in [0.4, 0.5) is 0 Å². The van der Waals surface area contributed by atoms with Gasteiger partial charge in [-0.25, -0.2) is 14.5 Å². The number of aryl methyl sites for hydroxylation is 2. The lowest BCUT2D eigenvalue weighted by atomic mass is 10.2. The fraction of sp³-hybridized carbons (Fsp3) is 0.188. The summed E-state index contributed by atoms with van der Waals surface area (Å²) in [5, 5.41) is 7.37. The van der Waals surface area contributed by atoms with Crippen LogP contribution in [0.1, 0.15) is 26.8 Å². The van der Waals surface area contributed by atoms with Crippen molar-refractivity contribution in [2.45, 2.75) is 20.5 Å². The molecule has 0 saturated heterocycles. The van der Waals surface area contributed by atoms with Crippen molar-refractivity contribution < 1.29 is 9.53 Å². The molecule has 0 bridgehead atoms. The Bertz CT molecular complexity index is 842. The van der Waals surface area contributed by atoms with Crippen LogP contribution in [0.15, 0.2) is 35.7 Å². The van der Waals surface area contributed by atoms with Crippen LogP contribution in [0.25, 0.3) is 5.69 Å². The molecule has 0 amide bonds. The number of esters is 1. The summed E-state index contributed by atoms with van der Waals surface area (Å²) in [4.78, 5) is 16.6. The van der Waals surface area contributed by atoms with Crippen LogP contribution in [0, 0.1) is 13.8 Å². The second-order valence-corrected chi connectivity index (χ2v) is 6.35. The van der Waals surface area contributed by atoms with Crippen molar-refractivity contribution in [3.63, 3.8) is 0 Å². The molecular weight excluding hydrogens is 334 g/mol. The number of para-hydroxylation sites is 1. The van der Waals surface area contributed by atoms with Gasteiger partial charge in [0.25, 0.3) is 0 Å². The van der Waals surface area contributed by atoms with Gasteiger partial charge in [0.05, 0.1) is 22.1 Å². The minimum atomic E-state index is -0.500. The predicted octanol–water partition coefficient (Wildman–Crippen LogP) is 3.96. The molecule has 0 unspecified atom stereocenters. The highest BCUT2D eigenvalue weighted by Crippen LogP contribution is 2.24. The second kappa shape index (κ2) is 6.52. The quantitative estimate of drug-likeness (QED) is 0.670. The molecule has 0 atom stereocenters. The molecule has 0 aliphatic carbocycles. The summed E-state index contributed by atoms with van der Waals surface area (Å²) in [6.07, 6.45) is 0. The average molecular weight is 348 g/mol. The Balaban J connectivity index is 1.82. The summed E-state index contributed by atoms with van der Waals surface area (Å²) in [5.41, 5.74) is 2.32. The van der Waals surface area contributed by atoms with Crippen LogP contribution in [0.5, 0.6) is 0 Å². The molecule has 1 aromatic carbocycles. The fourth-order valence-electron chi connectivity index (χ4n) is 2.16. The van der Waals surface area contributed by atoms with Crippen molar-refractivity contribution in [1.82, 2.24) is 14.8 Å². The normalized spacial score (nSPS) is 10.7.